The van der Waals surface area contributed by atoms with E-state index >= 15 is 0 Å². The first-order valence-electron chi connectivity index (χ1n) is 4.38. The molecule has 11 heavy (non-hydrogen) atoms. The van der Waals surface area contributed by atoms with Crippen LogP contribution < -0.4 is 0 Å². The molecule has 0 amide bonds. The number of rotatable bonds is 4. The van der Waals surface area contributed by atoms with Gasteiger partial charge in [0.2, 0.25) is 0 Å². The molecule has 1 heteroatoms. The number of hydrogen-bond acceptors (Lipinski definition) is 1. The van der Waals surface area contributed by atoms with E-state index in [1.165, 1.54) is 6.42 Å². The van der Waals surface area contributed by atoms with Crippen LogP contribution in [0.2, 0.25) is 0 Å². The fourth-order valence-electron chi connectivity index (χ4n) is 1.17. The van der Waals surface area contributed by atoms with Gasteiger partial charge in [-0.15, -0.1) is 0 Å². The smallest absolute Gasteiger partial charge is 0.0692 e. The Hall–Kier alpha value is -0.300. The molecule has 0 aromatic rings. The predicted molar refractivity (Wildman–Crippen MR) is 49.4 cm³/mol. The molecular weight excluding hydrogens is 136 g/mol. The van der Waals surface area contributed by atoms with Crippen molar-refractivity contribution < 1.29 is 5.11 Å². The molecule has 0 rings (SSSR count). The third-order valence-corrected chi connectivity index (χ3v) is 1.56. The van der Waals surface area contributed by atoms with E-state index in [2.05, 4.69) is 26.8 Å². The molecule has 66 valence electrons. The number of allylic oxidation sites excluding steroid dienone is 1. The summed E-state index contributed by atoms with van der Waals surface area (Å²) < 4.78 is 0. The Labute approximate surface area is 70.1 Å². The van der Waals surface area contributed by atoms with E-state index in [1.54, 1.807) is 6.92 Å². The van der Waals surface area contributed by atoms with E-state index in [4.69, 9.17) is 5.11 Å². The van der Waals surface area contributed by atoms with Crippen LogP contribution in [0.4, 0.5) is 0 Å². The van der Waals surface area contributed by atoms with Crippen molar-refractivity contribution in [1.29, 1.82) is 0 Å². The molecule has 0 aromatic carbocycles. The molecule has 0 saturated carbocycles. The molecule has 0 radical (unpaired) electrons. The average molecular weight is 156 g/mol. The Morgan fingerprint density at radius 2 is 1.64 bits per heavy atom. The minimum Gasteiger partial charge on any atom is -0.389 e. The summed E-state index contributed by atoms with van der Waals surface area (Å²) >= 11 is 0. The van der Waals surface area contributed by atoms with E-state index in [-0.39, 0.29) is 6.10 Å². The van der Waals surface area contributed by atoms with E-state index in [1.807, 2.05) is 6.08 Å². The first-order chi connectivity index (χ1) is 5.02. The van der Waals surface area contributed by atoms with Gasteiger partial charge in [0.25, 0.3) is 0 Å². The molecule has 0 heterocycles. The molecule has 1 nitrogen and oxygen atoms in total. The Morgan fingerprint density at radius 3 is 2.00 bits per heavy atom. The van der Waals surface area contributed by atoms with Crippen molar-refractivity contribution in [2.24, 2.45) is 11.8 Å². The molecule has 2 atom stereocenters. The van der Waals surface area contributed by atoms with Crippen molar-refractivity contribution in [3.63, 3.8) is 0 Å². The molecule has 0 aromatic heterocycles. The minimum atomic E-state index is -0.301. The van der Waals surface area contributed by atoms with Crippen molar-refractivity contribution in [2.45, 2.75) is 40.2 Å². The first-order valence-corrected chi connectivity index (χ1v) is 4.38. The summed E-state index contributed by atoms with van der Waals surface area (Å²) in [7, 11) is 0. The summed E-state index contributed by atoms with van der Waals surface area (Å²) in [6.45, 7) is 8.39. The van der Waals surface area contributed by atoms with Gasteiger partial charge in [-0.3, -0.25) is 0 Å². The lowest BCUT2D eigenvalue weighted by Crippen LogP contribution is -1.99. The molecule has 0 fully saturated rings. The normalized spacial score (nSPS) is 17.6. The monoisotopic (exact) mass is 156 g/mol. The van der Waals surface area contributed by atoms with Crippen molar-refractivity contribution in [3.05, 3.63) is 12.2 Å². The third-order valence-electron chi connectivity index (χ3n) is 1.56. The second kappa shape index (κ2) is 5.36. The van der Waals surface area contributed by atoms with Crippen LogP contribution in [0.1, 0.15) is 34.1 Å². The highest BCUT2D eigenvalue weighted by Crippen LogP contribution is 2.11. The maximum Gasteiger partial charge on any atom is 0.0692 e. The zero-order valence-electron chi connectivity index (χ0n) is 8.04. The molecule has 0 aliphatic carbocycles. The highest BCUT2D eigenvalue weighted by molar-refractivity contribution is 4.90. The maximum absolute atomic E-state index is 8.95. The minimum absolute atomic E-state index is 0.301. The zero-order chi connectivity index (χ0) is 8.85. The molecule has 0 saturated heterocycles. The summed E-state index contributed by atoms with van der Waals surface area (Å²) in [4.78, 5) is 0. The van der Waals surface area contributed by atoms with E-state index in [0.29, 0.717) is 5.92 Å². The Morgan fingerprint density at radius 1 is 1.09 bits per heavy atom. The van der Waals surface area contributed by atoms with Gasteiger partial charge in [-0.25, -0.2) is 0 Å². The van der Waals surface area contributed by atoms with Gasteiger partial charge in [-0.05, 0) is 25.2 Å². The van der Waals surface area contributed by atoms with Crippen molar-refractivity contribution in [2.75, 3.05) is 0 Å². The van der Waals surface area contributed by atoms with Crippen LogP contribution in [0.3, 0.4) is 0 Å². The summed E-state index contributed by atoms with van der Waals surface area (Å²) in [6.07, 6.45) is 4.84. The fourth-order valence-corrected chi connectivity index (χ4v) is 1.17. The van der Waals surface area contributed by atoms with Gasteiger partial charge in [-0.1, -0.05) is 32.9 Å². The van der Waals surface area contributed by atoms with Gasteiger partial charge in [0, 0.05) is 0 Å². The maximum atomic E-state index is 8.95. The number of hydrogen-bond donors (Lipinski definition) is 1. The van der Waals surface area contributed by atoms with E-state index < -0.39 is 0 Å². The number of aliphatic hydroxyl groups is 1. The molecule has 2 unspecified atom stereocenters. The van der Waals surface area contributed by atoms with E-state index in [9.17, 15) is 0 Å². The lowest BCUT2D eigenvalue weighted by Gasteiger charge is -2.08. The van der Waals surface area contributed by atoms with Crippen LogP contribution in [0.25, 0.3) is 0 Å². The Bertz CT molecular complexity index is 114. The van der Waals surface area contributed by atoms with Gasteiger partial charge in [0.15, 0.2) is 0 Å². The second-order valence-electron chi connectivity index (χ2n) is 3.73. The zero-order valence-corrected chi connectivity index (χ0v) is 8.04. The molecular formula is C10H20O. The predicted octanol–water partition coefficient (Wildman–Crippen LogP) is 2.61. The summed E-state index contributed by atoms with van der Waals surface area (Å²) in [5.41, 5.74) is 0. The van der Waals surface area contributed by atoms with Gasteiger partial charge in [0.1, 0.15) is 0 Å². The first kappa shape index (κ1) is 10.7. The van der Waals surface area contributed by atoms with Crippen LogP contribution in [0.5, 0.6) is 0 Å². The van der Waals surface area contributed by atoms with Crippen molar-refractivity contribution in [1.82, 2.24) is 0 Å². The summed E-state index contributed by atoms with van der Waals surface area (Å²) in [6, 6.07) is 0. The van der Waals surface area contributed by atoms with Crippen LogP contribution in [0, 0.1) is 11.8 Å². The van der Waals surface area contributed by atoms with Gasteiger partial charge >= 0.3 is 0 Å². The fraction of sp³-hybridized carbons (Fsp3) is 0.800. The van der Waals surface area contributed by atoms with Gasteiger partial charge in [0.05, 0.1) is 6.10 Å². The largest absolute Gasteiger partial charge is 0.389 e. The third kappa shape index (κ3) is 7.60. The van der Waals surface area contributed by atoms with Crippen LogP contribution in [-0.4, -0.2) is 11.2 Å². The Kier molecular flexibility index (Phi) is 5.22. The van der Waals surface area contributed by atoms with Crippen molar-refractivity contribution in [3.8, 4) is 0 Å². The Balaban J connectivity index is 3.59. The SMILES string of the molecule is CC(O)/C=C/C(C)CC(C)C. The summed E-state index contributed by atoms with van der Waals surface area (Å²) in [5.74, 6) is 1.33. The van der Waals surface area contributed by atoms with Crippen LogP contribution >= 0.6 is 0 Å². The topological polar surface area (TPSA) is 20.2 Å². The number of aliphatic hydroxyl groups excluding tert-OH is 1. The quantitative estimate of drug-likeness (QED) is 0.620. The summed E-state index contributed by atoms with van der Waals surface area (Å²) in [5, 5.41) is 8.95. The molecule has 0 aliphatic rings. The average Bonchev–Trinajstić information content (AvgIpc) is 1.82. The molecule has 1 N–H and O–H groups in total. The van der Waals surface area contributed by atoms with Gasteiger partial charge in [-0.2, -0.15) is 0 Å². The van der Waals surface area contributed by atoms with Gasteiger partial charge < -0.3 is 5.11 Å². The lowest BCUT2D eigenvalue weighted by molar-refractivity contribution is 0.243. The molecule has 0 aliphatic heterocycles. The standard InChI is InChI=1S/C10H20O/c1-8(2)7-9(3)5-6-10(4)11/h5-6,8-11H,7H2,1-4H3/b6-5+. The second-order valence-corrected chi connectivity index (χ2v) is 3.73. The van der Waals surface area contributed by atoms with Crippen molar-refractivity contribution >= 4 is 0 Å². The molecule has 0 bridgehead atoms. The lowest BCUT2D eigenvalue weighted by atomic mass is 9.98. The molecule has 0 spiro atoms. The highest BCUT2D eigenvalue weighted by atomic mass is 16.3. The van der Waals surface area contributed by atoms with Crippen LogP contribution in [0.15, 0.2) is 12.2 Å². The van der Waals surface area contributed by atoms with Crippen LogP contribution in [-0.2, 0) is 0 Å². The van der Waals surface area contributed by atoms with E-state index in [0.717, 1.165) is 5.92 Å². The highest BCUT2D eigenvalue weighted by Gasteiger charge is 2.00.